The van der Waals surface area contributed by atoms with Crippen molar-refractivity contribution in [3.8, 4) is 0 Å². The number of halogens is 11. The van der Waals surface area contributed by atoms with Crippen LogP contribution < -0.4 is 0 Å². The molecule has 270 valence electrons. The van der Waals surface area contributed by atoms with E-state index in [0.717, 1.165) is 0 Å². The van der Waals surface area contributed by atoms with E-state index in [-0.39, 0.29) is 0 Å². The van der Waals surface area contributed by atoms with Gasteiger partial charge in [-0.15, -0.1) is 0 Å². The lowest BCUT2D eigenvalue weighted by Crippen LogP contribution is -2.43. The third kappa shape index (κ3) is 15.2. The highest BCUT2D eigenvalue weighted by Gasteiger charge is 2.52. The fourth-order valence-corrected chi connectivity index (χ4v) is 1.91. The summed E-state index contributed by atoms with van der Waals surface area (Å²) in [6.07, 6.45) is -17.2. The molecule has 0 spiro atoms. The summed E-state index contributed by atoms with van der Waals surface area (Å²) >= 11 is 0. The minimum absolute atomic E-state index is 0.486. The molecule has 0 fully saturated rings. The van der Waals surface area contributed by atoms with Gasteiger partial charge in [-0.2, -0.15) is 30.7 Å². The van der Waals surface area contributed by atoms with E-state index in [9.17, 15) is 72.3 Å². The Labute approximate surface area is 255 Å². The molecule has 1 unspecified atom stereocenters. The molecule has 0 saturated carbocycles. The van der Waals surface area contributed by atoms with Crippen molar-refractivity contribution in [3.05, 3.63) is 0 Å². The number of ether oxygens (including phenoxy) is 5. The lowest BCUT2D eigenvalue weighted by Gasteiger charge is -2.24. The van der Waals surface area contributed by atoms with Crippen LogP contribution in [0.2, 0.25) is 0 Å². The van der Waals surface area contributed by atoms with Crippen LogP contribution in [0.5, 0.6) is 0 Å². The monoisotopic (exact) mass is 702 g/mol. The van der Waals surface area contributed by atoms with Gasteiger partial charge in [-0.3, -0.25) is 9.59 Å². The second kappa shape index (κ2) is 17.5. The van der Waals surface area contributed by atoms with Gasteiger partial charge in [-0.1, -0.05) is 6.92 Å². The van der Waals surface area contributed by atoms with Gasteiger partial charge in [0, 0.05) is 0 Å². The molecule has 0 bridgehead atoms. The van der Waals surface area contributed by atoms with Crippen LogP contribution in [-0.2, 0) is 47.7 Å². The van der Waals surface area contributed by atoms with E-state index >= 15 is 0 Å². The minimum Gasteiger partial charge on any atom is -0.457 e. The van der Waals surface area contributed by atoms with Gasteiger partial charge in [0.1, 0.15) is 13.2 Å². The quantitative estimate of drug-likeness (QED) is 0.134. The second-order valence-corrected chi connectivity index (χ2v) is 10.8. The molecule has 0 heterocycles. The Morgan fingerprint density at radius 1 is 0.609 bits per heavy atom. The van der Waals surface area contributed by atoms with Gasteiger partial charge < -0.3 is 23.7 Å². The van der Waals surface area contributed by atoms with Crippen molar-refractivity contribution in [2.45, 2.75) is 98.0 Å². The third-order valence-corrected chi connectivity index (χ3v) is 5.31. The average Bonchev–Trinajstić information content (AvgIpc) is 2.91. The smallest absolute Gasteiger partial charge is 0.425 e. The first-order chi connectivity index (χ1) is 20.4. The summed E-state index contributed by atoms with van der Waals surface area (Å²) in [5.74, 6) is -18.9. The molecule has 0 aliphatic rings. The predicted molar refractivity (Wildman–Crippen MR) is 130 cm³/mol. The van der Waals surface area contributed by atoms with Crippen LogP contribution in [0.3, 0.4) is 0 Å². The van der Waals surface area contributed by atoms with Crippen LogP contribution in [0, 0.1) is 10.8 Å². The molecule has 0 amide bonds. The topological polar surface area (TPSA) is 132 Å². The van der Waals surface area contributed by atoms with E-state index in [1.807, 2.05) is 0 Å². The molecule has 46 heavy (non-hydrogen) atoms. The van der Waals surface area contributed by atoms with Crippen molar-refractivity contribution < 1.29 is 96.0 Å². The lowest BCUT2D eigenvalue weighted by atomic mass is 9.91. The van der Waals surface area contributed by atoms with Crippen LogP contribution >= 0.6 is 0 Å². The summed E-state index contributed by atoms with van der Waals surface area (Å²) in [4.78, 5) is 56.1. The molecule has 0 rings (SSSR count). The molecule has 0 radical (unpaired) electrons. The van der Waals surface area contributed by atoms with Gasteiger partial charge in [0.25, 0.3) is 0 Å². The van der Waals surface area contributed by atoms with Crippen LogP contribution in [-0.4, -0.2) is 92.7 Å². The van der Waals surface area contributed by atoms with Crippen molar-refractivity contribution in [1.29, 1.82) is 0 Å². The molecular weight excluding hydrogens is 669 g/mol. The van der Waals surface area contributed by atoms with Crippen LogP contribution in [0.4, 0.5) is 48.3 Å². The molecule has 0 aromatic rings. The van der Waals surface area contributed by atoms with Crippen LogP contribution in [0.1, 0.15) is 54.9 Å². The Hall–Kier alpha value is -3.42. The summed E-state index contributed by atoms with van der Waals surface area (Å²) in [7, 11) is 0. The largest absolute Gasteiger partial charge is 0.457 e. The van der Waals surface area contributed by atoms with Gasteiger partial charge in [0.2, 0.25) is 0 Å². The molecule has 10 nitrogen and oxygen atoms in total. The normalized spacial score (nSPS) is 13.4. The first-order valence-electron chi connectivity index (χ1n) is 12.7. The molecule has 1 atom stereocenters. The number of carbonyl (C=O) groups excluding carboxylic acids is 5. The van der Waals surface area contributed by atoms with Crippen molar-refractivity contribution >= 4 is 29.8 Å². The number of carbonyl (C=O) groups is 5. The Morgan fingerprint density at radius 2 is 1.00 bits per heavy atom. The van der Waals surface area contributed by atoms with Crippen molar-refractivity contribution in [2.75, 3.05) is 19.8 Å². The molecular formula is C25H33F11O10. The molecule has 0 aromatic heterocycles. The highest BCUT2D eigenvalue weighted by molar-refractivity contribution is 5.80. The van der Waals surface area contributed by atoms with Crippen molar-refractivity contribution in [3.63, 3.8) is 0 Å². The maximum Gasteiger partial charge on any atom is 0.425 e. The maximum absolute atomic E-state index is 12.8. The fourth-order valence-electron chi connectivity index (χ4n) is 1.91. The van der Waals surface area contributed by atoms with Gasteiger partial charge >= 0.3 is 60.7 Å². The number of rotatable bonds is 14. The zero-order chi connectivity index (χ0) is 37.1. The molecule has 0 aliphatic heterocycles. The standard InChI is InChI=1S/C14H16F8O6.C11H17F3O4/c1-12(2,3)9(23)28-6(4-26-10(24)13(19,20)7(15)16)5-27-11(25)14(21,22)8(17)18;1-5-10(3,4)9(16)17-6-8(15)18-7(2)11(12,13)14/h6-8H,4-5H2,1-3H3;7H,5-6H2,1-4H3. The van der Waals surface area contributed by atoms with Gasteiger partial charge in [0.15, 0.2) is 18.8 Å². The summed E-state index contributed by atoms with van der Waals surface area (Å²) in [5, 5.41) is 0. The fraction of sp³-hybridized carbons (Fsp3) is 0.800. The summed E-state index contributed by atoms with van der Waals surface area (Å²) < 4.78 is 157. The Morgan fingerprint density at radius 3 is 1.30 bits per heavy atom. The molecule has 0 aromatic carbocycles. The summed E-state index contributed by atoms with van der Waals surface area (Å²) in [5.41, 5.74) is -2.04. The number of esters is 5. The highest BCUT2D eigenvalue weighted by Crippen LogP contribution is 2.27. The van der Waals surface area contributed by atoms with Crippen molar-refractivity contribution in [2.24, 2.45) is 10.8 Å². The van der Waals surface area contributed by atoms with E-state index in [1.165, 1.54) is 20.8 Å². The average molecular weight is 703 g/mol. The van der Waals surface area contributed by atoms with E-state index in [2.05, 4.69) is 23.7 Å². The highest BCUT2D eigenvalue weighted by atomic mass is 19.4. The van der Waals surface area contributed by atoms with E-state index in [4.69, 9.17) is 0 Å². The Bertz CT molecular complexity index is 1000. The Balaban J connectivity index is 0. The number of hydrogen-bond donors (Lipinski definition) is 0. The van der Waals surface area contributed by atoms with E-state index < -0.39 is 104 Å². The van der Waals surface area contributed by atoms with E-state index in [1.54, 1.807) is 20.8 Å². The van der Waals surface area contributed by atoms with Crippen LogP contribution in [0.25, 0.3) is 0 Å². The molecule has 0 saturated heterocycles. The van der Waals surface area contributed by atoms with Gasteiger partial charge in [-0.05, 0) is 48.0 Å². The first-order valence-corrected chi connectivity index (χ1v) is 12.7. The molecule has 0 aliphatic carbocycles. The van der Waals surface area contributed by atoms with Gasteiger partial charge in [0.05, 0.1) is 10.8 Å². The second-order valence-electron chi connectivity index (χ2n) is 10.8. The zero-order valence-corrected chi connectivity index (χ0v) is 25.4. The SMILES string of the molecule is CC(C)(C)C(=O)OC(COC(=O)C(F)(F)C(F)F)COC(=O)C(F)(F)C(F)F.CCC(C)(C)C(=O)OCC(=O)OC(C)C(F)(F)F. The summed E-state index contributed by atoms with van der Waals surface area (Å²) in [6, 6.07) is 0. The minimum atomic E-state index is -5.22. The predicted octanol–water partition coefficient (Wildman–Crippen LogP) is 5.29. The molecule has 0 N–H and O–H groups in total. The van der Waals surface area contributed by atoms with Crippen LogP contribution in [0.15, 0.2) is 0 Å². The zero-order valence-electron chi connectivity index (χ0n) is 25.4. The van der Waals surface area contributed by atoms with Gasteiger partial charge in [-0.25, -0.2) is 31.9 Å². The number of alkyl halides is 11. The molecule has 21 heteroatoms. The number of hydrogen-bond acceptors (Lipinski definition) is 10. The van der Waals surface area contributed by atoms with E-state index in [0.29, 0.717) is 13.3 Å². The maximum atomic E-state index is 12.8. The lowest BCUT2D eigenvalue weighted by molar-refractivity contribution is -0.218. The Kier molecular flexibility index (Phi) is 17.0. The third-order valence-electron chi connectivity index (χ3n) is 5.31. The van der Waals surface area contributed by atoms with Crippen molar-refractivity contribution in [1.82, 2.24) is 0 Å². The summed E-state index contributed by atoms with van der Waals surface area (Å²) in [6.45, 7) is 5.93. The first kappa shape index (κ1) is 44.7.